The highest BCUT2D eigenvalue weighted by Crippen LogP contribution is 2.39. The summed E-state index contributed by atoms with van der Waals surface area (Å²) in [5, 5.41) is 9.99. The van der Waals surface area contributed by atoms with E-state index < -0.39 is 0 Å². The van der Waals surface area contributed by atoms with Crippen LogP contribution in [0.5, 0.6) is 11.5 Å². The monoisotopic (exact) mass is 405 g/mol. The number of rotatable bonds is 3. The Balaban J connectivity index is 1.97. The lowest BCUT2D eigenvalue weighted by Crippen LogP contribution is -2.27. The summed E-state index contributed by atoms with van der Waals surface area (Å²) >= 11 is 12.6. The van der Waals surface area contributed by atoms with Crippen molar-refractivity contribution in [2.75, 3.05) is 12.0 Å². The standard InChI is InChI=1S/C19H16ClNO3S2/c1-10-4-5-13(6-11(10)2)21-18(23)16(26-19(21)25)9-12-7-14(20)17(22)15(8-12)24-3/h4-9,22H,1-3H3/b16-9+. The van der Waals surface area contributed by atoms with Crippen LogP contribution in [-0.4, -0.2) is 22.4 Å². The molecule has 134 valence electrons. The molecule has 1 N–H and O–H groups in total. The molecule has 0 saturated carbocycles. The van der Waals surface area contributed by atoms with Crippen molar-refractivity contribution in [1.82, 2.24) is 0 Å². The fourth-order valence-electron chi connectivity index (χ4n) is 2.54. The molecule has 1 aliphatic heterocycles. The van der Waals surface area contributed by atoms with Crippen LogP contribution in [0.25, 0.3) is 6.08 Å². The average Bonchev–Trinajstić information content (AvgIpc) is 2.87. The number of carbonyl (C=O) groups excluding carboxylic acids is 1. The topological polar surface area (TPSA) is 49.8 Å². The highest BCUT2D eigenvalue weighted by atomic mass is 35.5. The van der Waals surface area contributed by atoms with E-state index in [1.165, 1.54) is 23.8 Å². The summed E-state index contributed by atoms with van der Waals surface area (Å²) in [4.78, 5) is 14.9. The number of phenols is 1. The number of carbonyl (C=O) groups is 1. The van der Waals surface area contributed by atoms with Gasteiger partial charge in [0.15, 0.2) is 15.8 Å². The van der Waals surface area contributed by atoms with E-state index in [4.69, 9.17) is 28.6 Å². The number of benzene rings is 2. The molecule has 0 aromatic heterocycles. The smallest absolute Gasteiger partial charge is 0.270 e. The quantitative estimate of drug-likeness (QED) is 0.570. The van der Waals surface area contributed by atoms with E-state index in [0.29, 0.717) is 14.8 Å². The molecule has 0 bridgehead atoms. The third-order valence-corrected chi connectivity index (χ3v) is 5.70. The molecule has 2 aromatic rings. The number of anilines is 1. The zero-order valence-corrected chi connectivity index (χ0v) is 16.8. The number of hydrogen-bond acceptors (Lipinski definition) is 5. The van der Waals surface area contributed by atoms with Gasteiger partial charge < -0.3 is 9.84 Å². The van der Waals surface area contributed by atoms with Gasteiger partial charge in [-0.25, -0.2) is 0 Å². The molecule has 26 heavy (non-hydrogen) atoms. The molecule has 1 fully saturated rings. The number of thiocarbonyl (C=S) groups is 1. The van der Waals surface area contributed by atoms with Crippen LogP contribution in [0.15, 0.2) is 35.2 Å². The third kappa shape index (κ3) is 3.45. The molecule has 1 saturated heterocycles. The second-order valence-electron chi connectivity index (χ2n) is 5.84. The second-order valence-corrected chi connectivity index (χ2v) is 7.92. The van der Waals surface area contributed by atoms with Crippen LogP contribution in [0.1, 0.15) is 16.7 Å². The first-order chi connectivity index (χ1) is 12.3. The molecule has 0 aliphatic carbocycles. The molecule has 0 unspecified atom stereocenters. The fraction of sp³-hybridized carbons (Fsp3) is 0.158. The first-order valence-electron chi connectivity index (χ1n) is 7.73. The van der Waals surface area contributed by atoms with E-state index in [0.717, 1.165) is 16.8 Å². The minimum absolute atomic E-state index is 0.131. The van der Waals surface area contributed by atoms with Crippen molar-refractivity contribution < 1.29 is 14.6 Å². The maximum atomic E-state index is 12.9. The summed E-state index contributed by atoms with van der Waals surface area (Å²) in [7, 11) is 1.44. The summed E-state index contributed by atoms with van der Waals surface area (Å²) in [6, 6.07) is 8.99. The molecular weight excluding hydrogens is 390 g/mol. The minimum Gasteiger partial charge on any atom is -0.503 e. The average molecular weight is 406 g/mol. The fourth-order valence-corrected chi connectivity index (χ4v) is 4.06. The maximum Gasteiger partial charge on any atom is 0.270 e. The van der Waals surface area contributed by atoms with Crippen molar-refractivity contribution in [2.24, 2.45) is 0 Å². The normalized spacial score (nSPS) is 15.8. The molecule has 1 amide bonds. The van der Waals surface area contributed by atoms with Crippen molar-refractivity contribution in [2.45, 2.75) is 13.8 Å². The summed E-state index contributed by atoms with van der Waals surface area (Å²) in [5.41, 5.74) is 3.64. The molecule has 0 atom stereocenters. The molecule has 4 nitrogen and oxygen atoms in total. The van der Waals surface area contributed by atoms with Crippen LogP contribution in [0, 0.1) is 13.8 Å². The van der Waals surface area contributed by atoms with Gasteiger partial charge in [-0.05, 0) is 60.9 Å². The lowest BCUT2D eigenvalue weighted by atomic mass is 10.1. The summed E-state index contributed by atoms with van der Waals surface area (Å²) in [5.74, 6) is -0.0752. The van der Waals surface area contributed by atoms with Gasteiger partial charge in [-0.1, -0.05) is 41.6 Å². The number of ether oxygens (including phenoxy) is 1. The van der Waals surface area contributed by atoms with Gasteiger partial charge in [-0.3, -0.25) is 9.69 Å². The SMILES string of the molecule is COc1cc(/C=C2/SC(=S)N(c3ccc(C)c(C)c3)C2=O)cc(Cl)c1O. The summed E-state index contributed by atoms with van der Waals surface area (Å²) in [6.07, 6.45) is 1.69. The van der Waals surface area contributed by atoms with Gasteiger partial charge in [0.25, 0.3) is 5.91 Å². The number of hydrogen-bond donors (Lipinski definition) is 1. The largest absolute Gasteiger partial charge is 0.503 e. The van der Waals surface area contributed by atoms with Gasteiger partial charge in [-0.2, -0.15) is 0 Å². The van der Waals surface area contributed by atoms with Crippen molar-refractivity contribution in [3.05, 3.63) is 56.9 Å². The van der Waals surface area contributed by atoms with Crippen molar-refractivity contribution in [1.29, 1.82) is 0 Å². The number of methoxy groups -OCH3 is 1. The Morgan fingerprint density at radius 2 is 1.96 bits per heavy atom. The Labute approximate surface area is 166 Å². The zero-order chi connectivity index (χ0) is 19.0. The van der Waals surface area contributed by atoms with E-state index in [2.05, 4.69) is 0 Å². The van der Waals surface area contributed by atoms with Crippen molar-refractivity contribution in [3.63, 3.8) is 0 Å². The maximum absolute atomic E-state index is 12.9. The summed E-state index contributed by atoms with van der Waals surface area (Å²) in [6.45, 7) is 4.02. The van der Waals surface area contributed by atoms with E-state index >= 15 is 0 Å². The van der Waals surface area contributed by atoms with Crippen LogP contribution in [0.3, 0.4) is 0 Å². The predicted octanol–water partition coefficient (Wildman–Crippen LogP) is 5.08. The first-order valence-corrected chi connectivity index (χ1v) is 9.34. The van der Waals surface area contributed by atoms with Crippen LogP contribution < -0.4 is 9.64 Å². The third-order valence-electron chi connectivity index (χ3n) is 4.11. The predicted molar refractivity (Wildman–Crippen MR) is 111 cm³/mol. The van der Waals surface area contributed by atoms with Gasteiger partial charge in [0.1, 0.15) is 0 Å². The highest BCUT2D eigenvalue weighted by molar-refractivity contribution is 8.27. The number of phenolic OH excluding ortho intramolecular Hbond substituents is 1. The number of aromatic hydroxyl groups is 1. The van der Waals surface area contributed by atoms with Gasteiger partial charge >= 0.3 is 0 Å². The minimum atomic E-state index is -0.189. The molecule has 0 radical (unpaired) electrons. The van der Waals surface area contributed by atoms with Gasteiger partial charge in [0.05, 0.1) is 22.7 Å². The number of aryl methyl sites for hydroxylation is 2. The second kappa shape index (κ2) is 7.31. The van der Waals surface area contributed by atoms with Crippen molar-refractivity contribution in [3.8, 4) is 11.5 Å². The van der Waals surface area contributed by atoms with Crippen LogP contribution in [0.4, 0.5) is 5.69 Å². The first kappa shape index (κ1) is 18.8. The Morgan fingerprint density at radius 1 is 1.23 bits per heavy atom. The molecule has 3 rings (SSSR count). The van der Waals surface area contributed by atoms with Crippen LogP contribution in [0.2, 0.25) is 5.02 Å². The number of amides is 1. The van der Waals surface area contributed by atoms with Crippen LogP contribution >= 0.6 is 35.6 Å². The van der Waals surface area contributed by atoms with Gasteiger partial charge in [0.2, 0.25) is 0 Å². The molecule has 0 spiro atoms. The van der Waals surface area contributed by atoms with Gasteiger partial charge in [-0.15, -0.1) is 0 Å². The van der Waals surface area contributed by atoms with Gasteiger partial charge in [0, 0.05) is 0 Å². The Kier molecular flexibility index (Phi) is 5.27. The zero-order valence-electron chi connectivity index (χ0n) is 14.4. The molecule has 1 aliphatic rings. The van der Waals surface area contributed by atoms with Crippen LogP contribution in [-0.2, 0) is 4.79 Å². The van der Waals surface area contributed by atoms with E-state index in [1.54, 1.807) is 18.2 Å². The lowest BCUT2D eigenvalue weighted by molar-refractivity contribution is -0.113. The number of nitrogens with zero attached hydrogens (tertiary/aromatic N) is 1. The van der Waals surface area contributed by atoms with E-state index in [9.17, 15) is 9.90 Å². The number of thioether (sulfide) groups is 1. The molecule has 7 heteroatoms. The Bertz CT molecular complexity index is 956. The van der Waals surface area contributed by atoms with Crippen molar-refractivity contribution >= 4 is 57.6 Å². The summed E-state index contributed by atoms with van der Waals surface area (Å²) < 4.78 is 5.58. The number of halogens is 1. The molecule has 2 aromatic carbocycles. The molecular formula is C19H16ClNO3S2. The van der Waals surface area contributed by atoms with E-state index in [-0.39, 0.29) is 22.4 Å². The van der Waals surface area contributed by atoms with E-state index in [1.807, 2.05) is 32.0 Å². The lowest BCUT2D eigenvalue weighted by Gasteiger charge is -2.16. The Hall–Kier alpha value is -2.02. The highest BCUT2D eigenvalue weighted by Gasteiger charge is 2.33. The molecule has 1 heterocycles. The Morgan fingerprint density at radius 3 is 2.62 bits per heavy atom.